The summed E-state index contributed by atoms with van der Waals surface area (Å²) in [5.41, 5.74) is 0. The maximum absolute atomic E-state index is 12.6. The van der Waals surface area contributed by atoms with Gasteiger partial charge in [0.05, 0.1) is 25.4 Å². The molecule has 0 saturated carbocycles. The molecular weight excluding hydrogens is 1110 g/mol. The van der Waals surface area contributed by atoms with Gasteiger partial charge in [0.25, 0.3) is 0 Å². The zero-order chi connectivity index (χ0) is 65.6. The van der Waals surface area contributed by atoms with Gasteiger partial charge < -0.3 is 20.3 Å². The van der Waals surface area contributed by atoms with Crippen LogP contribution in [0.5, 0.6) is 0 Å². The highest BCUT2D eigenvalue weighted by Crippen LogP contribution is 2.21. The summed E-state index contributed by atoms with van der Waals surface area (Å²) in [6, 6.07) is -0.540. The van der Waals surface area contributed by atoms with Gasteiger partial charge in [-0.15, -0.1) is 0 Å². The molecule has 1 amide bonds. The third-order valence-corrected chi connectivity index (χ3v) is 20.3. The second kappa shape index (κ2) is 81.0. The van der Waals surface area contributed by atoms with E-state index in [-0.39, 0.29) is 18.5 Å². The molecule has 91 heavy (non-hydrogen) atoms. The van der Waals surface area contributed by atoms with Crippen molar-refractivity contribution in [1.29, 1.82) is 0 Å². The van der Waals surface area contributed by atoms with Crippen LogP contribution < -0.4 is 5.32 Å². The fourth-order valence-corrected chi connectivity index (χ4v) is 13.9. The molecule has 0 rings (SSSR count). The second-order valence-electron chi connectivity index (χ2n) is 29.5. The summed E-state index contributed by atoms with van der Waals surface area (Å²) >= 11 is 0. The Morgan fingerprint density at radius 2 is 0.516 bits per heavy atom. The van der Waals surface area contributed by atoms with Gasteiger partial charge in [0.1, 0.15) is 0 Å². The Kier molecular flexibility index (Phi) is 79.8. The molecule has 0 aromatic heterocycles. The summed E-state index contributed by atoms with van der Waals surface area (Å²) in [4.78, 5) is 24.7. The summed E-state index contributed by atoms with van der Waals surface area (Å²) in [7, 11) is 0. The average Bonchev–Trinajstić information content (AvgIpc) is 3.67. The minimum absolute atomic E-state index is 0.0245. The molecule has 0 aliphatic heterocycles. The van der Waals surface area contributed by atoms with Crippen LogP contribution in [0.4, 0.5) is 0 Å². The Morgan fingerprint density at radius 1 is 0.297 bits per heavy atom. The van der Waals surface area contributed by atoms with E-state index in [1.807, 2.05) is 0 Å². The normalized spacial score (nSPS) is 12.4. The number of unbranched alkanes of at least 4 members (excludes halogenated alkanes) is 68. The van der Waals surface area contributed by atoms with Crippen molar-refractivity contribution in [3.63, 3.8) is 0 Å². The minimum atomic E-state index is -0.663. The third-order valence-electron chi connectivity index (χ3n) is 20.3. The van der Waals surface area contributed by atoms with E-state index in [1.54, 1.807) is 0 Å². The second-order valence-corrected chi connectivity index (χ2v) is 29.5. The Hall–Kier alpha value is -1.40. The topological polar surface area (TPSA) is 95.9 Å². The summed E-state index contributed by atoms with van der Waals surface area (Å²) in [5.74, 6) is -0.000284. The molecule has 0 saturated heterocycles. The lowest BCUT2D eigenvalue weighted by Crippen LogP contribution is -2.45. The average molecular weight is 1280 g/mol. The Bertz CT molecular complexity index is 1380. The van der Waals surface area contributed by atoms with Crippen molar-refractivity contribution in [2.75, 3.05) is 13.2 Å². The number of hydrogen-bond acceptors (Lipinski definition) is 5. The van der Waals surface area contributed by atoms with Crippen molar-refractivity contribution < 1.29 is 24.5 Å². The van der Waals surface area contributed by atoms with E-state index in [1.165, 1.54) is 424 Å². The number of carbonyl (C=O) groups is 2. The molecule has 3 N–H and O–H groups in total. The van der Waals surface area contributed by atoms with Crippen molar-refractivity contribution in [3.8, 4) is 0 Å². The van der Waals surface area contributed by atoms with Gasteiger partial charge in [0.2, 0.25) is 5.91 Å². The first kappa shape index (κ1) is 89.6. The van der Waals surface area contributed by atoms with Gasteiger partial charge in [0, 0.05) is 12.8 Å². The van der Waals surface area contributed by atoms with Gasteiger partial charge in [0.15, 0.2) is 0 Å². The molecule has 542 valence electrons. The summed E-state index contributed by atoms with van der Waals surface area (Å²) < 4.78 is 5.51. The number of aliphatic hydroxyl groups is 2. The van der Waals surface area contributed by atoms with Crippen LogP contribution in [-0.4, -0.2) is 47.4 Å². The third kappa shape index (κ3) is 77.5. The zero-order valence-electron chi connectivity index (χ0n) is 62.4. The van der Waals surface area contributed by atoms with E-state index in [2.05, 4.69) is 31.3 Å². The quantitative estimate of drug-likeness (QED) is 0.0320. The van der Waals surface area contributed by atoms with E-state index >= 15 is 0 Å². The number of carbonyl (C=O) groups excluding carboxylic acids is 2. The molecule has 0 aromatic rings. The molecule has 0 fully saturated rings. The predicted octanol–water partition coefficient (Wildman–Crippen LogP) is 28.2. The van der Waals surface area contributed by atoms with E-state index in [9.17, 15) is 19.8 Å². The predicted molar refractivity (Wildman–Crippen MR) is 403 cm³/mol. The first-order valence-electron chi connectivity index (χ1n) is 42.4. The Labute approximate surface area is 571 Å². The van der Waals surface area contributed by atoms with Crippen molar-refractivity contribution in [2.45, 2.75) is 508 Å². The number of allylic oxidation sites excluding steroid dienone is 2. The lowest BCUT2D eigenvalue weighted by atomic mass is 10.0. The van der Waals surface area contributed by atoms with Crippen molar-refractivity contribution in [1.82, 2.24) is 5.32 Å². The van der Waals surface area contributed by atoms with Gasteiger partial charge in [-0.1, -0.05) is 443 Å². The van der Waals surface area contributed by atoms with Crippen LogP contribution in [-0.2, 0) is 14.3 Å². The van der Waals surface area contributed by atoms with E-state index in [4.69, 9.17) is 4.74 Å². The van der Waals surface area contributed by atoms with Crippen LogP contribution in [0.2, 0.25) is 0 Å². The van der Waals surface area contributed by atoms with Gasteiger partial charge in [-0.25, -0.2) is 0 Å². The monoisotopic (exact) mass is 1280 g/mol. The number of hydrogen-bond donors (Lipinski definition) is 3. The van der Waals surface area contributed by atoms with Crippen molar-refractivity contribution >= 4 is 11.9 Å². The molecule has 0 aliphatic carbocycles. The summed E-state index contributed by atoms with van der Waals surface area (Å²) in [6.07, 6.45) is 103. The minimum Gasteiger partial charge on any atom is -0.466 e. The van der Waals surface area contributed by atoms with Crippen molar-refractivity contribution in [3.05, 3.63) is 12.2 Å². The molecule has 6 heteroatoms. The maximum atomic E-state index is 12.6. The van der Waals surface area contributed by atoms with E-state index < -0.39 is 12.1 Å². The number of esters is 1. The highest BCUT2D eigenvalue weighted by atomic mass is 16.5. The van der Waals surface area contributed by atoms with Crippen LogP contribution in [0.3, 0.4) is 0 Å². The van der Waals surface area contributed by atoms with Crippen LogP contribution in [0.1, 0.15) is 495 Å². The van der Waals surface area contributed by atoms with Gasteiger partial charge in [-0.05, 0) is 51.4 Å². The van der Waals surface area contributed by atoms with Gasteiger partial charge >= 0.3 is 5.97 Å². The van der Waals surface area contributed by atoms with Crippen LogP contribution in [0, 0.1) is 0 Å². The first-order valence-corrected chi connectivity index (χ1v) is 42.4. The molecule has 0 bridgehead atoms. The van der Waals surface area contributed by atoms with E-state index in [0.717, 1.165) is 38.5 Å². The number of nitrogens with one attached hydrogen (secondary N) is 1. The van der Waals surface area contributed by atoms with Crippen molar-refractivity contribution in [2.24, 2.45) is 0 Å². The maximum Gasteiger partial charge on any atom is 0.305 e. The van der Waals surface area contributed by atoms with E-state index in [0.29, 0.717) is 25.9 Å². The number of aliphatic hydroxyl groups excluding tert-OH is 2. The fourth-order valence-electron chi connectivity index (χ4n) is 13.9. The molecule has 0 aliphatic rings. The number of rotatable bonds is 81. The molecular formula is C85H167NO5. The molecule has 0 heterocycles. The number of amides is 1. The number of ether oxygens (including phenoxy) is 1. The fraction of sp³-hybridized carbons (Fsp3) is 0.953. The SMILES string of the molecule is CCCCCCCCCCCCCCCCCCCCCCCCCCC(O)C(CO)NC(=O)CCCCCCCCCCCCCCCCCCC/C=C\CCCCCCCCCCCCCCCCOC(=O)CCCCCCCCCCCCCCCCC. The van der Waals surface area contributed by atoms with Crippen LogP contribution >= 0.6 is 0 Å². The highest BCUT2D eigenvalue weighted by molar-refractivity contribution is 5.76. The highest BCUT2D eigenvalue weighted by Gasteiger charge is 2.20. The summed E-state index contributed by atoms with van der Waals surface area (Å²) in [6.45, 7) is 5.02. The lowest BCUT2D eigenvalue weighted by Gasteiger charge is -2.22. The Balaban J connectivity index is 3.33. The molecule has 2 atom stereocenters. The largest absolute Gasteiger partial charge is 0.466 e. The standard InChI is InChI=1S/C85H167NO5/c1-3-5-7-9-11-13-15-17-19-20-21-22-23-37-40-43-46-50-53-57-61-65-69-73-77-83(88)82(81-87)86-84(89)78-74-70-66-62-58-54-51-47-44-41-38-35-33-31-29-27-25-24-26-28-30-32-34-36-39-42-45-48-52-56-60-64-68-72-76-80-91-85(90)79-75-71-67-63-59-55-49-18-16-14-12-10-8-6-4-2/h26,28,82-83,87-88H,3-25,27,29-81H2,1-2H3,(H,86,89)/b28-26-. The Morgan fingerprint density at radius 3 is 0.780 bits per heavy atom. The smallest absolute Gasteiger partial charge is 0.305 e. The molecule has 6 nitrogen and oxygen atoms in total. The molecule has 0 spiro atoms. The molecule has 0 radical (unpaired) electrons. The molecule has 2 unspecified atom stereocenters. The van der Waals surface area contributed by atoms with Crippen LogP contribution in [0.25, 0.3) is 0 Å². The molecule has 0 aromatic carbocycles. The lowest BCUT2D eigenvalue weighted by molar-refractivity contribution is -0.143. The van der Waals surface area contributed by atoms with Gasteiger partial charge in [-0.3, -0.25) is 9.59 Å². The zero-order valence-corrected chi connectivity index (χ0v) is 62.4. The van der Waals surface area contributed by atoms with Crippen LogP contribution in [0.15, 0.2) is 12.2 Å². The van der Waals surface area contributed by atoms with Gasteiger partial charge in [-0.2, -0.15) is 0 Å². The first-order chi connectivity index (χ1) is 45.0. The summed E-state index contributed by atoms with van der Waals surface area (Å²) in [5, 5.41) is 23.5.